The molecule has 1 atom stereocenters. The van der Waals surface area contributed by atoms with Crippen molar-refractivity contribution in [1.29, 1.82) is 5.41 Å². The van der Waals surface area contributed by atoms with Crippen LogP contribution in [0.15, 0.2) is 0 Å². The van der Waals surface area contributed by atoms with Gasteiger partial charge in [-0.15, -0.1) is 0 Å². The summed E-state index contributed by atoms with van der Waals surface area (Å²) >= 11 is 0. The van der Waals surface area contributed by atoms with Gasteiger partial charge < -0.3 is 10.1 Å². The fraction of sp³-hybridized carbons (Fsp3) is 0.750. The van der Waals surface area contributed by atoms with Crippen molar-refractivity contribution in [1.82, 2.24) is 0 Å². The molecule has 0 amide bonds. The molecule has 1 N–H and O–H groups in total. The summed E-state index contributed by atoms with van der Waals surface area (Å²) in [6.45, 7) is 5.46. The molecule has 0 spiro atoms. The van der Waals surface area contributed by atoms with E-state index in [0.29, 0.717) is 6.42 Å². The second kappa shape index (κ2) is 4.88. The number of hydrogen-bond acceptors (Lipinski definition) is 3. The van der Waals surface area contributed by atoms with Crippen LogP contribution in [0.2, 0.25) is 0 Å². The van der Waals surface area contributed by atoms with Crippen molar-refractivity contribution in [3.63, 3.8) is 0 Å². The van der Waals surface area contributed by atoms with E-state index in [0.717, 1.165) is 6.21 Å². The Morgan fingerprint density at radius 2 is 2.18 bits per heavy atom. The van der Waals surface area contributed by atoms with Gasteiger partial charge in [-0.25, -0.2) is 0 Å². The lowest BCUT2D eigenvalue weighted by Gasteiger charge is -2.11. The Kier molecular flexibility index (Phi) is 4.50. The topological polar surface area (TPSA) is 50.2 Å². The van der Waals surface area contributed by atoms with Crippen LogP contribution in [0.25, 0.3) is 0 Å². The minimum Gasteiger partial charge on any atom is -0.462 e. The first kappa shape index (κ1) is 10.1. The minimum atomic E-state index is -0.364. The molecular formula is C8H15NO2. The summed E-state index contributed by atoms with van der Waals surface area (Å²) < 4.78 is 4.90. The van der Waals surface area contributed by atoms with E-state index >= 15 is 0 Å². The van der Waals surface area contributed by atoms with E-state index < -0.39 is 0 Å². The van der Waals surface area contributed by atoms with Crippen LogP contribution in [-0.4, -0.2) is 18.3 Å². The highest BCUT2D eigenvalue weighted by molar-refractivity contribution is 5.88. The van der Waals surface area contributed by atoms with E-state index in [9.17, 15) is 4.79 Å². The van der Waals surface area contributed by atoms with E-state index in [-0.39, 0.29) is 18.0 Å². The van der Waals surface area contributed by atoms with Crippen molar-refractivity contribution in [3.05, 3.63) is 0 Å². The van der Waals surface area contributed by atoms with E-state index in [4.69, 9.17) is 10.1 Å². The van der Waals surface area contributed by atoms with Gasteiger partial charge in [0.1, 0.15) is 0 Å². The Balaban J connectivity index is 3.89. The van der Waals surface area contributed by atoms with Gasteiger partial charge in [0.25, 0.3) is 0 Å². The zero-order chi connectivity index (χ0) is 8.85. The molecule has 1 unspecified atom stereocenters. The number of esters is 1. The zero-order valence-corrected chi connectivity index (χ0v) is 7.26. The number of nitrogens with one attached hydrogen (secondary N) is 1. The highest BCUT2D eigenvalue weighted by atomic mass is 16.5. The number of carbonyl (C=O) groups excluding carboxylic acids is 1. The monoisotopic (exact) mass is 157 g/mol. The van der Waals surface area contributed by atoms with Crippen LogP contribution < -0.4 is 0 Å². The third kappa shape index (κ3) is 3.75. The number of hydrogen-bond donors (Lipinski definition) is 1. The first-order valence-electron chi connectivity index (χ1n) is 3.82. The molecule has 3 nitrogen and oxygen atoms in total. The van der Waals surface area contributed by atoms with E-state index in [2.05, 4.69) is 0 Å². The minimum absolute atomic E-state index is 0.0866. The quantitative estimate of drug-likeness (QED) is 0.498. The van der Waals surface area contributed by atoms with E-state index in [1.54, 1.807) is 13.8 Å². The second-order valence-corrected chi connectivity index (χ2v) is 2.67. The predicted octanol–water partition coefficient (Wildman–Crippen LogP) is 1.61. The van der Waals surface area contributed by atoms with Gasteiger partial charge in [0.2, 0.25) is 0 Å². The molecule has 3 heteroatoms. The Bertz CT molecular complexity index is 143. The summed E-state index contributed by atoms with van der Waals surface area (Å²) in [6, 6.07) is 0. The van der Waals surface area contributed by atoms with Crippen molar-refractivity contribution in [2.75, 3.05) is 0 Å². The molecule has 0 aliphatic rings. The largest absolute Gasteiger partial charge is 0.462 e. The van der Waals surface area contributed by atoms with Gasteiger partial charge in [-0.1, -0.05) is 6.92 Å². The molecule has 0 fully saturated rings. The highest BCUT2D eigenvalue weighted by Gasteiger charge is 2.15. The maximum absolute atomic E-state index is 11.0. The van der Waals surface area contributed by atoms with Crippen molar-refractivity contribution < 1.29 is 9.53 Å². The molecular weight excluding hydrogens is 142 g/mol. The van der Waals surface area contributed by atoms with Crippen molar-refractivity contribution in [2.24, 2.45) is 5.92 Å². The molecule has 64 valence electrons. The summed E-state index contributed by atoms with van der Waals surface area (Å²) in [6.07, 6.45) is 1.68. The van der Waals surface area contributed by atoms with Crippen molar-refractivity contribution >= 4 is 12.2 Å². The van der Waals surface area contributed by atoms with Crippen LogP contribution in [0.5, 0.6) is 0 Å². The molecule has 0 bridgehead atoms. The summed E-state index contributed by atoms with van der Waals surface area (Å²) in [4.78, 5) is 11.0. The molecule has 0 aromatic rings. The van der Waals surface area contributed by atoms with Gasteiger partial charge in [0.05, 0.1) is 12.0 Å². The van der Waals surface area contributed by atoms with Crippen LogP contribution in [0.4, 0.5) is 0 Å². The fourth-order valence-corrected chi connectivity index (χ4v) is 0.672. The summed E-state index contributed by atoms with van der Waals surface area (Å²) in [5.74, 6) is -0.657. The van der Waals surface area contributed by atoms with Crippen LogP contribution in [0.1, 0.15) is 27.2 Å². The number of ether oxygens (including phenoxy) is 1. The Hall–Kier alpha value is -0.860. The molecule has 0 aliphatic heterocycles. The van der Waals surface area contributed by atoms with E-state index in [1.165, 1.54) is 0 Å². The van der Waals surface area contributed by atoms with Crippen LogP contribution in [0, 0.1) is 11.3 Å². The maximum atomic E-state index is 11.0. The average Bonchev–Trinajstić information content (AvgIpc) is 1.88. The Morgan fingerprint density at radius 3 is 2.45 bits per heavy atom. The molecule has 0 aromatic carbocycles. The molecule has 0 saturated heterocycles. The summed E-state index contributed by atoms with van der Waals surface area (Å²) in [5, 5.41) is 6.91. The first-order chi connectivity index (χ1) is 5.11. The summed E-state index contributed by atoms with van der Waals surface area (Å²) in [7, 11) is 0. The summed E-state index contributed by atoms with van der Waals surface area (Å²) in [5.41, 5.74) is 0. The lowest BCUT2D eigenvalue weighted by Crippen LogP contribution is -2.21. The Labute approximate surface area is 67.3 Å². The third-order valence-electron chi connectivity index (χ3n) is 1.30. The number of carbonyl (C=O) groups is 1. The normalized spacial score (nSPS) is 12.7. The van der Waals surface area contributed by atoms with Gasteiger partial charge in [-0.3, -0.25) is 4.79 Å². The fourth-order valence-electron chi connectivity index (χ4n) is 0.672. The van der Waals surface area contributed by atoms with Crippen LogP contribution in [0.3, 0.4) is 0 Å². The SMILES string of the molecule is CCC(C=N)C(=O)OC(C)C. The van der Waals surface area contributed by atoms with Crippen LogP contribution >= 0.6 is 0 Å². The molecule has 0 aliphatic carbocycles. The van der Waals surface area contributed by atoms with Crippen molar-refractivity contribution in [3.8, 4) is 0 Å². The first-order valence-corrected chi connectivity index (χ1v) is 3.82. The molecule has 0 rings (SSSR count). The Morgan fingerprint density at radius 1 is 1.64 bits per heavy atom. The lowest BCUT2D eigenvalue weighted by molar-refractivity contribution is -0.149. The van der Waals surface area contributed by atoms with Gasteiger partial charge in [-0.2, -0.15) is 0 Å². The third-order valence-corrected chi connectivity index (χ3v) is 1.30. The molecule has 0 heterocycles. The van der Waals surface area contributed by atoms with Gasteiger partial charge in [-0.05, 0) is 20.3 Å². The average molecular weight is 157 g/mol. The van der Waals surface area contributed by atoms with Gasteiger partial charge in [0, 0.05) is 6.21 Å². The molecule has 0 radical (unpaired) electrons. The molecule has 0 saturated carbocycles. The molecule has 11 heavy (non-hydrogen) atoms. The highest BCUT2D eigenvalue weighted by Crippen LogP contribution is 2.03. The lowest BCUT2D eigenvalue weighted by atomic mass is 10.1. The molecule has 0 aromatic heterocycles. The van der Waals surface area contributed by atoms with Crippen molar-refractivity contribution in [2.45, 2.75) is 33.3 Å². The zero-order valence-electron chi connectivity index (χ0n) is 7.26. The predicted molar refractivity (Wildman–Crippen MR) is 43.8 cm³/mol. The van der Waals surface area contributed by atoms with Crippen LogP contribution in [-0.2, 0) is 9.53 Å². The standard InChI is InChI=1S/C8H15NO2/c1-4-7(5-9)8(10)11-6(2)3/h5-7,9H,4H2,1-3H3. The maximum Gasteiger partial charge on any atom is 0.314 e. The van der Waals surface area contributed by atoms with Gasteiger partial charge >= 0.3 is 5.97 Å². The van der Waals surface area contributed by atoms with E-state index in [1.807, 2.05) is 6.92 Å². The van der Waals surface area contributed by atoms with Gasteiger partial charge in [0.15, 0.2) is 0 Å². The second-order valence-electron chi connectivity index (χ2n) is 2.67. The number of rotatable bonds is 4. The smallest absolute Gasteiger partial charge is 0.314 e.